The zero-order valence-electron chi connectivity index (χ0n) is 23.2. The van der Waals surface area contributed by atoms with Gasteiger partial charge < -0.3 is 20.9 Å². The quantitative estimate of drug-likeness (QED) is 0.251. The summed E-state index contributed by atoms with van der Waals surface area (Å²) in [5.41, 5.74) is 5.61. The van der Waals surface area contributed by atoms with Crippen LogP contribution in [-0.4, -0.2) is 51.6 Å². The van der Waals surface area contributed by atoms with Crippen LogP contribution >= 0.6 is 0 Å². The number of carbonyl (C=O) groups excluding carboxylic acids is 1. The molecule has 0 radical (unpaired) electrons. The van der Waals surface area contributed by atoms with E-state index in [2.05, 4.69) is 56.5 Å². The van der Waals surface area contributed by atoms with E-state index in [0.29, 0.717) is 34.1 Å². The van der Waals surface area contributed by atoms with Gasteiger partial charge in [-0.2, -0.15) is 4.98 Å². The van der Waals surface area contributed by atoms with Gasteiger partial charge in [0.2, 0.25) is 11.9 Å². The molecule has 1 aliphatic rings. The highest BCUT2D eigenvalue weighted by Crippen LogP contribution is 2.26. The SMILES string of the molecule is C=CC(=O)Nc1cccc(-n2c(=O)c(-c3ccccc3)nc3cnc(Nc4ccc(N5CCNCC5)c(C)c4)nc32)c1. The topological polar surface area (TPSA) is 117 Å². The smallest absolute Gasteiger partial charge is 0.283 e. The lowest BCUT2D eigenvalue weighted by Crippen LogP contribution is -2.43. The second-order valence-corrected chi connectivity index (χ2v) is 9.98. The van der Waals surface area contributed by atoms with E-state index in [9.17, 15) is 9.59 Å². The third-order valence-corrected chi connectivity index (χ3v) is 7.11. The molecule has 10 heteroatoms. The average Bonchev–Trinajstić information content (AvgIpc) is 3.02. The zero-order valence-corrected chi connectivity index (χ0v) is 23.2. The summed E-state index contributed by atoms with van der Waals surface area (Å²) in [6, 6.07) is 22.5. The molecule has 210 valence electrons. The highest BCUT2D eigenvalue weighted by atomic mass is 16.1. The van der Waals surface area contributed by atoms with Crippen LogP contribution in [0.15, 0.2) is 96.4 Å². The fourth-order valence-corrected chi connectivity index (χ4v) is 5.10. The van der Waals surface area contributed by atoms with Crippen LogP contribution in [0.4, 0.5) is 23.0 Å². The van der Waals surface area contributed by atoms with Crippen molar-refractivity contribution in [3.8, 4) is 16.9 Å². The van der Waals surface area contributed by atoms with Crippen molar-refractivity contribution in [3.05, 3.63) is 108 Å². The van der Waals surface area contributed by atoms with Gasteiger partial charge in [-0.05, 0) is 55.0 Å². The lowest BCUT2D eigenvalue weighted by Gasteiger charge is -2.30. The Morgan fingerprint density at radius 2 is 1.79 bits per heavy atom. The van der Waals surface area contributed by atoms with E-state index in [-0.39, 0.29) is 17.2 Å². The predicted molar refractivity (Wildman–Crippen MR) is 167 cm³/mol. The standard InChI is InChI=1S/C32H30N8O2/c1-3-28(41)35-23-10-7-11-25(19-23)40-30-26(37-29(31(40)42)22-8-5-4-6-9-22)20-34-32(38-30)36-24-12-13-27(21(2)18-24)39-16-14-33-15-17-39/h3-13,18-20,33H,1,14-17H2,2H3,(H,35,41)(H,34,36,38). The van der Waals surface area contributed by atoms with Crippen LogP contribution in [0.1, 0.15) is 5.56 Å². The summed E-state index contributed by atoms with van der Waals surface area (Å²) < 4.78 is 1.50. The molecule has 0 saturated carbocycles. The molecule has 1 aliphatic heterocycles. The highest BCUT2D eigenvalue weighted by molar-refractivity contribution is 5.99. The third kappa shape index (κ3) is 5.48. The van der Waals surface area contributed by atoms with E-state index >= 15 is 0 Å². The van der Waals surface area contributed by atoms with E-state index < -0.39 is 0 Å². The first kappa shape index (κ1) is 26.9. The number of fused-ring (bicyclic) bond motifs is 1. The van der Waals surface area contributed by atoms with E-state index in [0.717, 1.165) is 37.4 Å². The minimum absolute atomic E-state index is 0.270. The monoisotopic (exact) mass is 558 g/mol. The lowest BCUT2D eigenvalue weighted by atomic mass is 10.1. The Bertz CT molecular complexity index is 1850. The van der Waals surface area contributed by atoms with Crippen LogP contribution in [0.5, 0.6) is 0 Å². The minimum atomic E-state index is -0.351. The van der Waals surface area contributed by atoms with Crippen molar-refractivity contribution >= 4 is 40.1 Å². The van der Waals surface area contributed by atoms with Crippen molar-refractivity contribution < 1.29 is 4.79 Å². The molecule has 5 aromatic rings. The third-order valence-electron chi connectivity index (χ3n) is 7.11. The fraction of sp³-hybridized carbons (Fsp3) is 0.156. The van der Waals surface area contributed by atoms with Crippen LogP contribution in [-0.2, 0) is 4.79 Å². The lowest BCUT2D eigenvalue weighted by molar-refractivity contribution is -0.111. The molecular formula is C32H30N8O2. The Hall–Kier alpha value is -5.35. The predicted octanol–water partition coefficient (Wildman–Crippen LogP) is 4.43. The summed E-state index contributed by atoms with van der Waals surface area (Å²) in [6.07, 6.45) is 2.80. The maximum atomic E-state index is 14.0. The molecular weight excluding hydrogens is 528 g/mol. The number of hydrogen-bond acceptors (Lipinski definition) is 8. The molecule has 1 fully saturated rings. The summed E-state index contributed by atoms with van der Waals surface area (Å²) in [6.45, 7) is 9.47. The first-order valence-corrected chi connectivity index (χ1v) is 13.7. The molecule has 0 atom stereocenters. The van der Waals surface area contributed by atoms with Gasteiger partial charge in [-0.25, -0.2) is 9.97 Å². The van der Waals surface area contributed by atoms with Crippen LogP contribution in [0.3, 0.4) is 0 Å². The van der Waals surface area contributed by atoms with Crippen LogP contribution < -0.4 is 26.4 Å². The number of piperazine rings is 1. The summed E-state index contributed by atoms with van der Waals surface area (Å²) in [4.78, 5) is 42.3. The van der Waals surface area contributed by atoms with Gasteiger partial charge in [0.15, 0.2) is 5.65 Å². The molecule has 3 N–H and O–H groups in total. The van der Waals surface area contributed by atoms with Gasteiger partial charge in [0.05, 0.1) is 11.9 Å². The molecule has 6 rings (SSSR count). The molecule has 0 unspecified atom stereocenters. The average molecular weight is 559 g/mol. The maximum absolute atomic E-state index is 14.0. The van der Waals surface area contributed by atoms with Crippen molar-refractivity contribution in [2.24, 2.45) is 0 Å². The molecule has 2 aromatic heterocycles. The fourth-order valence-electron chi connectivity index (χ4n) is 5.10. The molecule has 3 heterocycles. The molecule has 42 heavy (non-hydrogen) atoms. The van der Waals surface area contributed by atoms with Gasteiger partial charge in [-0.3, -0.25) is 14.2 Å². The van der Waals surface area contributed by atoms with Gasteiger partial charge >= 0.3 is 0 Å². The molecule has 10 nitrogen and oxygen atoms in total. The second kappa shape index (κ2) is 11.6. The largest absolute Gasteiger partial charge is 0.369 e. The van der Waals surface area contributed by atoms with Crippen molar-refractivity contribution in [2.75, 3.05) is 41.7 Å². The number of carbonyl (C=O) groups is 1. The maximum Gasteiger partial charge on any atom is 0.283 e. The van der Waals surface area contributed by atoms with Gasteiger partial charge in [0.1, 0.15) is 11.2 Å². The van der Waals surface area contributed by atoms with Crippen LogP contribution in [0.2, 0.25) is 0 Å². The second-order valence-electron chi connectivity index (χ2n) is 9.98. The number of aryl methyl sites for hydroxylation is 1. The number of hydrogen-bond donors (Lipinski definition) is 3. The number of anilines is 4. The number of nitrogens with one attached hydrogen (secondary N) is 3. The minimum Gasteiger partial charge on any atom is -0.369 e. The normalized spacial score (nSPS) is 13.1. The Morgan fingerprint density at radius 3 is 2.55 bits per heavy atom. The van der Waals surface area contributed by atoms with E-state index in [1.54, 1.807) is 30.5 Å². The number of nitrogens with zero attached hydrogens (tertiary/aromatic N) is 5. The number of benzene rings is 3. The van der Waals surface area contributed by atoms with E-state index in [1.807, 2.05) is 36.4 Å². The molecule has 1 amide bonds. The van der Waals surface area contributed by atoms with Crippen molar-refractivity contribution in [1.82, 2.24) is 24.8 Å². The van der Waals surface area contributed by atoms with Crippen LogP contribution in [0, 0.1) is 6.92 Å². The Labute approximate surface area is 242 Å². The van der Waals surface area contributed by atoms with Crippen molar-refractivity contribution in [2.45, 2.75) is 6.92 Å². The van der Waals surface area contributed by atoms with Gasteiger partial charge in [-0.15, -0.1) is 0 Å². The summed E-state index contributed by atoms with van der Waals surface area (Å²) in [5, 5.41) is 9.43. The molecule has 1 saturated heterocycles. The Kier molecular flexibility index (Phi) is 7.44. The summed E-state index contributed by atoms with van der Waals surface area (Å²) in [7, 11) is 0. The van der Waals surface area contributed by atoms with Gasteiger partial charge in [0.25, 0.3) is 5.56 Å². The van der Waals surface area contributed by atoms with Crippen molar-refractivity contribution in [3.63, 3.8) is 0 Å². The zero-order chi connectivity index (χ0) is 29.1. The molecule has 0 spiro atoms. The van der Waals surface area contributed by atoms with Crippen LogP contribution in [0.25, 0.3) is 28.1 Å². The van der Waals surface area contributed by atoms with Crippen molar-refractivity contribution in [1.29, 1.82) is 0 Å². The highest BCUT2D eigenvalue weighted by Gasteiger charge is 2.18. The Morgan fingerprint density at radius 1 is 0.976 bits per heavy atom. The molecule has 3 aromatic carbocycles. The first-order valence-electron chi connectivity index (χ1n) is 13.7. The molecule has 0 aliphatic carbocycles. The van der Waals surface area contributed by atoms with Gasteiger partial charge in [0, 0.05) is 48.8 Å². The molecule has 0 bridgehead atoms. The first-order chi connectivity index (χ1) is 20.5. The van der Waals surface area contributed by atoms with E-state index in [1.165, 1.54) is 16.3 Å². The number of amides is 1. The van der Waals surface area contributed by atoms with E-state index in [4.69, 9.17) is 4.98 Å². The number of aromatic nitrogens is 4. The van der Waals surface area contributed by atoms with Gasteiger partial charge in [-0.1, -0.05) is 43.0 Å². The number of rotatable bonds is 7. The summed E-state index contributed by atoms with van der Waals surface area (Å²) >= 11 is 0. The Balaban J connectivity index is 1.43. The summed E-state index contributed by atoms with van der Waals surface area (Å²) in [5.74, 6) is -0.0218.